The lowest BCUT2D eigenvalue weighted by molar-refractivity contribution is 0.0580. The van der Waals surface area contributed by atoms with Crippen LogP contribution in [-0.4, -0.2) is 23.3 Å². The Kier molecular flexibility index (Phi) is 14.3. The summed E-state index contributed by atoms with van der Waals surface area (Å²) >= 11 is 0. The van der Waals surface area contributed by atoms with E-state index in [4.69, 9.17) is 6.42 Å². The zero-order valence-electron chi connectivity index (χ0n) is 34.7. The summed E-state index contributed by atoms with van der Waals surface area (Å²) in [7, 11) is 0. The molecule has 6 rings (SSSR count). The fraction of sp³-hybridized carbons (Fsp3) is 0.472. The topological polar surface area (TPSA) is 37.4 Å². The molecule has 0 saturated carbocycles. The Morgan fingerprint density at radius 1 is 0.607 bits per heavy atom. The second-order valence-electron chi connectivity index (χ2n) is 16.6. The van der Waals surface area contributed by atoms with E-state index in [1.807, 2.05) is 30.3 Å². The van der Waals surface area contributed by atoms with E-state index in [9.17, 15) is 9.59 Å². The van der Waals surface area contributed by atoms with Crippen molar-refractivity contribution in [2.45, 2.75) is 149 Å². The molecule has 4 aromatic rings. The first kappa shape index (κ1) is 41.0. The minimum absolute atomic E-state index is 0.0924. The van der Waals surface area contributed by atoms with E-state index < -0.39 is 0 Å². The van der Waals surface area contributed by atoms with Gasteiger partial charge in [0.05, 0.1) is 0 Å². The first-order chi connectivity index (χ1) is 27.4. The molecule has 4 aromatic carbocycles. The number of benzene rings is 4. The third-order valence-electron chi connectivity index (χ3n) is 12.8. The van der Waals surface area contributed by atoms with Crippen LogP contribution in [0.25, 0.3) is 21.9 Å². The molecule has 0 aromatic heterocycles. The van der Waals surface area contributed by atoms with Crippen molar-refractivity contribution in [1.29, 1.82) is 0 Å². The molecular formula is C53H63NO2. The Labute approximate surface area is 338 Å². The van der Waals surface area contributed by atoms with Gasteiger partial charge >= 0.3 is 0 Å². The van der Waals surface area contributed by atoms with Crippen molar-refractivity contribution in [2.24, 2.45) is 5.92 Å². The van der Waals surface area contributed by atoms with E-state index in [2.05, 4.69) is 81.9 Å². The average Bonchev–Trinajstić information content (AvgIpc) is 3.49. The summed E-state index contributed by atoms with van der Waals surface area (Å²) in [6.45, 7) is 9.37. The number of hydrogen-bond acceptors (Lipinski definition) is 2. The van der Waals surface area contributed by atoms with Crippen LogP contribution in [0.15, 0.2) is 66.7 Å². The van der Waals surface area contributed by atoms with Crippen LogP contribution in [0.2, 0.25) is 0 Å². The maximum Gasteiger partial charge on any atom is 0.261 e. The van der Waals surface area contributed by atoms with E-state index in [-0.39, 0.29) is 17.2 Å². The van der Waals surface area contributed by atoms with Crippen molar-refractivity contribution in [3.05, 3.63) is 106 Å². The van der Waals surface area contributed by atoms with Gasteiger partial charge in [-0.25, -0.2) is 0 Å². The summed E-state index contributed by atoms with van der Waals surface area (Å²) < 4.78 is 0. The summed E-state index contributed by atoms with van der Waals surface area (Å²) in [4.78, 5) is 29.2. The summed E-state index contributed by atoms with van der Waals surface area (Å²) in [6.07, 6.45) is 27.7. The molecule has 1 aliphatic heterocycles. The summed E-state index contributed by atoms with van der Waals surface area (Å²) in [5.41, 5.74) is 9.31. The third kappa shape index (κ3) is 8.69. The van der Waals surface area contributed by atoms with Crippen LogP contribution in [0.3, 0.4) is 0 Å². The Morgan fingerprint density at radius 2 is 1.16 bits per heavy atom. The lowest BCUT2D eigenvalue weighted by atomic mass is 9.70. The highest BCUT2D eigenvalue weighted by atomic mass is 16.2. The molecule has 56 heavy (non-hydrogen) atoms. The number of carbonyl (C=O) groups excluding carboxylic acids is 2. The summed E-state index contributed by atoms with van der Waals surface area (Å²) in [6, 6.07) is 23.1. The van der Waals surface area contributed by atoms with E-state index in [1.54, 1.807) is 0 Å². The molecule has 2 amide bonds. The van der Waals surface area contributed by atoms with Crippen LogP contribution in [0.1, 0.15) is 192 Å². The molecule has 0 fully saturated rings. The van der Waals surface area contributed by atoms with Crippen LogP contribution < -0.4 is 0 Å². The average molecular weight is 746 g/mol. The molecule has 2 aliphatic rings. The number of hydrogen-bond donors (Lipinski definition) is 0. The minimum atomic E-state index is -0.189. The maximum atomic E-state index is 13.9. The molecule has 0 saturated heterocycles. The van der Waals surface area contributed by atoms with E-state index in [0.717, 1.165) is 66.0 Å². The number of imide groups is 1. The smallest absolute Gasteiger partial charge is 0.261 e. The predicted molar refractivity (Wildman–Crippen MR) is 235 cm³/mol. The monoisotopic (exact) mass is 745 g/mol. The third-order valence-corrected chi connectivity index (χ3v) is 12.8. The van der Waals surface area contributed by atoms with Gasteiger partial charge in [-0.3, -0.25) is 14.5 Å². The Balaban J connectivity index is 1.35. The molecular weight excluding hydrogens is 683 g/mol. The lowest BCUT2D eigenvalue weighted by Crippen LogP contribution is -2.43. The molecule has 0 radical (unpaired) electrons. The van der Waals surface area contributed by atoms with Crippen LogP contribution >= 0.6 is 0 Å². The SMILES string of the molecule is C#Cc1ccc2c(c1)C(CCCCCCCC)(CCCCCCCC)c1cc(C#Cc3ccc4c5c(cccc35)C(=O)N(CC(CC)CCCC)C4=O)ccc1-2. The van der Waals surface area contributed by atoms with Gasteiger partial charge in [0.2, 0.25) is 0 Å². The summed E-state index contributed by atoms with van der Waals surface area (Å²) in [5.74, 6) is 9.92. The molecule has 1 aliphatic carbocycles. The fourth-order valence-electron chi connectivity index (χ4n) is 9.48. The van der Waals surface area contributed by atoms with Crippen molar-refractivity contribution in [2.75, 3.05) is 6.54 Å². The van der Waals surface area contributed by atoms with Gasteiger partial charge in [0, 0.05) is 45.2 Å². The normalized spacial score (nSPS) is 14.3. The van der Waals surface area contributed by atoms with Crippen LogP contribution in [0, 0.1) is 30.1 Å². The quantitative estimate of drug-likeness (QED) is 0.0513. The summed E-state index contributed by atoms with van der Waals surface area (Å²) in [5, 5.41) is 1.60. The molecule has 1 unspecified atom stereocenters. The van der Waals surface area contributed by atoms with Gasteiger partial charge in [0.25, 0.3) is 11.8 Å². The molecule has 1 atom stereocenters. The highest BCUT2D eigenvalue weighted by Crippen LogP contribution is 2.54. The first-order valence-corrected chi connectivity index (χ1v) is 22.1. The number of unbranched alkanes of at least 4 members (excludes halogenated alkanes) is 11. The largest absolute Gasteiger partial charge is 0.274 e. The number of rotatable bonds is 20. The molecule has 292 valence electrons. The van der Waals surface area contributed by atoms with Gasteiger partial charge in [0.1, 0.15) is 0 Å². The van der Waals surface area contributed by atoms with Gasteiger partial charge in [-0.15, -0.1) is 6.42 Å². The van der Waals surface area contributed by atoms with Gasteiger partial charge in [-0.2, -0.15) is 0 Å². The van der Waals surface area contributed by atoms with Crippen molar-refractivity contribution >= 4 is 22.6 Å². The standard InChI is InChI=1S/C53H63NO2/c1-6-11-14-16-18-20-34-53(35-21-19-17-15-12-7-2)48-36-39(9-4)27-31-44(48)45-32-28-41(37-49(45)53)26-29-42-30-33-47-50-43(42)24-22-25-46(50)51(55)54(52(47)56)38-40(10-5)23-13-8-3/h4,22,24-25,27-28,30-33,36-37,40H,6-8,10-21,23,34-35,38H2,1-3,5H3. The fourth-order valence-corrected chi connectivity index (χ4v) is 9.48. The van der Waals surface area contributed by atoms with Crippen molar-refractivity contribution < 1.29 is 9.59 Å². The second-order valence-corrected chi connectivity index (χ2v) is 16.6. The highest BCUT2D eigenvalue weighted by Gasteiger charge is 2.42. The number of carbonyl (C=O) groups is 2. The predicted octanol–water partition coefficient (Wildman–Crippen LogP) is 13.8. The highest BCUT2D eigenvalue weighted by molar-refractivity contribution is 6.26. The van der Waals surface area contributed by atoms with Gasteiger partial charge in [-0.05, 0) is 95.3 Å². The molecule has 3 nitrogen and oxygen atoms in total. The maximum absolute atomic E-state index is 13.9. The van der Waals surface area contributed by atoms with E-state index in [0.29, 0.717) is 23.6 Å². The lowest BCUT2D eigenvalue weighted by Gasteiger charge is -2.33. The number of terminal acetylenes is 1. The van der Waals surface area contributed by atoms with Gasteiger partial charge < -0.3 is 0 Å². The number of nitrogens with zero attached hydrogens (tertiary/aromatic N) is 1. The first-order valence-electron chi connectivity index (χ1n) is 22.1. The van der Waals surface area contributed by atoms with Crippen LogP contribution in [0.5, 0.6) is 0 Å². The Bertz CT molecular complexity index is 2080. The molecule has 3 heteroatoms. The van der Waals surface area contributed by atoms with Crippen LogP contribution in [0.4, 0.5) is 0 Å². The van der Waals surface area contributed by atoms with Crippen LogP contribution in [-0.2, 0) is 5.41 Å². The molecule has 0 N–H and O–H groups in total. The zero-order chi connectivity index (χ0) is 39.5. The Morgan fingerprint density at radius 3 is 1.77 bits per heavy atom. The molecule has 0 bridgehead atoms. The molecule has 0 spiro atoms. The van der Waals surface area contributed by atoms with Crippen molar-refractivity contribution in [1.82, 2.24) is 4.90 Å². The van der Waals surface area contributed by atoms with Crippen molar-refractivity contribution in [3.8, 4) is 35.3 Å². The second kappa shape index (κ2) is 19.5. The number of fused-ring (bicyclic) bond motifs is 3. The van der Waals surface area contributed by atoms with E-state index >= 15 is 0 Å². The van der Waals surface area contributed by atoms with Gasteiger partial charge in [0.15, 0.2) is 0 Å². The van der Waals surface area contributed by atoms with Crippen molar-refractivity contribution in [3.63, 3.8) is 0 Å². The number of amides is 2. The van der Waals surface area contributed by atoms with Gasteiger partial charge in [-0.1, -0.05) is 166 Å². The Hall–Kier alpha value is -4.60. The zero-order valence-corrected chi connectivity index (χ0v) is 34.7. The van der Waals surface area contributed by atoms with E-state index in [1.165, 1.54) is 104 Å². The minimum Gasteiger partial charge on any atom is -0.274 e. The molecule has 1 heterocycles.